The van der Waals surface area contributed by atoms with E-state index in [-0.39, 0.29) is 0 Å². The Morgan fingerprint density at radius 3 is 2.18 bits per heavy atom. The SMILES string of the molecule is C=C1/C=C(/c2ccc(Br)cc2)C(c2ccc(Br)cc2)=C=C(C)C2=C1NCC=C2. The highest BCUT2D eigenvalue weighted by Crippen LogP contribution is 2.37. The van der Waals surface area contributed by atoms with E-state index < -0.39 is 0 Å². The van der Waals surface area contributed by atoms with Gasteiger partial charge < -0.3 is 5.32 Å². The van der Waals surface area contributed by atoms with Crippen LogP contribution in [0.2, 0.25) is 0 Å². The maximum atomic E-state index is 4.37. The Bertz CT molecular complexity index is 1100. The summed E-state index contributed by atoms with van der Waals surface area (Å²) >= 11 is 7.08. The van der Waals surface area contributed by atoms with Crippen LogP contribution >= 0.6 is 31.9 Å². The summed E-state index contributed by atoms with van der Waals surface area (Å²) in [6.07, 6.45) is 6.47. The van der Waals surface area contributed by atoms with Gasteiger partial charge in [-0.2, -0.15) is 0 Å². The van der Waals surface area contributed by atoms with E-state index in [4.69, 9.17) is 0 Å². The van der Waals surface area contributed by atoms with E-state index in [0.29, 0.717) is 0 Å². The molecule has 2 aliphatic rings. The molecule has 28 heavy (non-hydrogen) atoms. The topological polar surface area (TPSA) is 12.0 Å². The fourth-order valence-corrected chi connectivity index (χ4v) is 3.99. The smallest absolute Gasteiger partial charge is 0.0492 e. The molecule has 0 saturated heterocycles. The summed E-state index contributed by atoms with van der Waals surface area (Å²) in [5, 5.41) is 3.48. The molecule has 4 rings (SSSR count). The zero-order valence-electron chi connectivity index (χ0n) is 15.5. The Morgan fingerprint density at radius 1 is 0.929 bits per heavy atom. The van der Waals surface area contributed by atoms with Crippen molar-refractivity contribution in [2.45, 2.75) is 6.92 Å². The molecule has 0 atom stereocenters. The lowest BCUT2D eigenvalue weighted by Gasteiger charge is -2.22. The van der Waals surface area contributed by atoms with Gasteiger partial charge in [0, 0.05) is 37.9 Å². The lowest BCUT2D eigenvalue weighted by atomic mass is 9.87. The first-order valence-electron chi connectivity index (χ1n) is 9.09. The molecule has 1 N–H and O–H groups in total. The van der Waals surface area contributed by atoms with Gasteiger partial charge in [-0.25, -0.2) is 0 Å². The van der Waals surface area contributed by atoms with E-state index in [1.54, 1.807) is 0 Å². The number of benzene rings is 2. The van der Waals surface area contributed by atoms with Crippen molar-refractivity contribution in [1.82, 2.24) is 5.32 Å². The third-order valence-corrected chi connectivity index (χ3v) is 5.92. The lowest BCUT2D eigenvalue weighted by Crippen LogP contribution is -2.20. The Kier molecular flexibility index (Phi) is 5.41. The molecular formula is C25H19Br2N. The van der Waals surface area contributed by atoms with Crippen LogP contribution in [-0.2, 0) is 0 Å². The summed E-state index contributed by atoms with van der Waals surface area (Å²) in [6, 6.07) is 16.8. The van der Waals surface area contributed by atoms with Gasteiger partial charge in [0.25, 0.3) is 0 Å². The van der Waals surface area contributed by atoms with Crippen LogP contribution in [0.3, 0.4) is 0 Å². The molecule has 1 heterocycles. The summed E-state index contributed by atoms with van der Waals surface area (Å²) in [5.41, 5.74) is 12.4. The van der Waals surface area contributed by atoms with Crippen molar-refractivity contribution in [3.8, 4) is 0 Å². The number of hydrogen-bond acceptors (Lipinski definition) is 1. The van der Waals surface area contributed by atoms with Crippen LogP contribution in [0, 0.1) is 0 Å². The Hall–Kier alpha value is -2.32. The van der Waals surface area contributed by atoms with E-state index >= 15 is 0 Å². The van der Waals surface area contributed by atoms with Gasteiger partial charge in [-0.3, -0.25) is 0 Å². The van der Waals surface area contributed by atoms with E-state index in [9.17, 15) is 0 Å². The van der Waals surface area contributed by atoms with Gasteiger partial charge in [-0.1, -0.05) is 74.9 Å². The Labute approximate surface area is 182 Å². The van der Waals surface area contributed by atoms with E-state index in [1.807, 2.05) is 0 Å². The van der Waals surface area contributed by atoms with Gasteiger partial charge in [0.15, 0.2) is 0 Å². The van der Waals surface area contributed by atoms with Crippen LogP contribution < -0.4 is 5.32 Å². The minimum absolute atomic E-state index is 0.815. The van der Waals surface area contributed by atoms with Crippen LogP contribution in [0.5, 0.6) is 0 Å². The zero-order valence-corrected chi connectivity index (χ0v) is 18.7. The first kappa shape index (κ1) is 19.0. The first-order chi connectivity index (χ1) is 13.5. The largest absolute Gasteiger partial charge is 0.381 e. The van der Waals surface area contributed by atoms with Gasteiger partial charge in [0.1, 0.15) is 0 Å². The molecule has 2 aromatic carbocycles. The highest BCUT2D eigenvalue weighted by Gasteiger charge is 2.18. The Balaban J connectivity index is 2.00. The molecule has 0 bridgehead atoms. The standard InChI is InChI=1S/C25H19Br2N/c1-16-14-23(18-5-9-20(26)10-6-18)24(19-7-11-21(27)12-8-19)15-17(2)25-22(16)4-3-13-28-25/h3-12,15,28H,2,13H2,1H3/b24-15-. The molecule has 0 unspecified atom stereocenters. The molecule has 0 aromatic heterocycles. The van der Waals surface area contributed by atoms with Crippen LogP contribution in [0.4, 0.5) is 0 Å². The fraction of sp³-hybridized carbons (Fsp3) is 0.0800. The second-order valence-corrected chi connectivity index (χ2v) is 8.63. The molecule has 0 fully saturated rings. The highest BCUT2D eigenvalue weighted by molar-refractivity contribution is 9.10. The molecule has 2 aromatic rings. The first-order valence-corrected chi connectivity index (χ1v) is 10.7. The minimum Gasteiger partial charge on any atom is -0.381 e. The second-order valence-electron chi connectivity index (χ2n) is 6.79. The van der Waals surface area contributed by atoms with Crippen molar-refractivity contribution in [1.29, 1.82) is 0 Å². The normalized spacial score (nSPS) is 18.2. The van der Waals surface area contributed by atoms with Crippen LogP contribution in [0.1, 0.15) is 18.1 Å². The van der Waals surface area contributed by atoms with Gasteiger partial charge in [-0.15, -0.1) is 5.73 Å². The molecule has 3 heteroatoms. The van der Waals surface area contributed by atoms with Crippen molar-refractivity contribution in [2.24, 2.45) is 0 Å². The quantitative estimate of drug-likeness (QED) is 0.436. The number of dihydropyridines is 1. The highest BCUT2D eigenvalue weighted by atomic mass is 79.9. The van der Waals surface area contributed by atoms with Crippen molar-refractivity contribution in [3.05, 3.63) is 122 Å². The van der Waals surface area contributed by atoms with E-state index in [1.165, 1.54) is 0 Å². The van der Waals surface area contributed by atoms with Crippen molar-refractivity contribution in [3.63, 3.8) is 0 Å². The molecule has 1 aliphatic carbocycles. The average molecular weight is 493 g/mol. The summed E-state index contributed by atoms with van der Waals surface area (Å²) in [4.78, 5) is 0. The maximum absolute atomic E-state index is 4.37. The van der Waals surface area contributed by atoms with E-state index in [2.05, 4.69) is 123 Å². The summed E-state index contributed by atoms with van der Waals surface area (Å²) in [7, 11) is 0. The van der Waals surface area contributed by atoms with Gasteiger partial charge >= 0.3 is 0 Å². The molecule has 0 radical (unpaired) electrons. The predicted molar refractivity (Wildman–Crippen MR) is 126 cm³/mol. The third-order valence-electron chi connectivity index (χ3n) is 4.86. The molecule has 1 nitrogen and oxygen atoms in total. The molecular weight excluding hydrogens is 474 g/mol. The third kappa shape index (κ3) is 3.79. The van der Waals surface area contributed by atoms with E-state index in [0.717, 1.165) is 60.2 Å². The zero-order chi connectivity index (χ0) is 19.7. The Morgan fingerprint density at radius 2 is 1.54 bits per heavy atom. The number of hydrogen-bond donors (Lipinski definition) is 1. The second kappa shape index (κ2) is 7.97. The molecule has 138 valence electrons. The minimum atomic E-state index is 0.815. The number of halogens is 2. The van der Waals surface area contributed by atoms with Gasteiger partial charge in [0.2, 0.25) is 0 Å². The van der Waals surface area contributed by atoms with Crippen molar-refractivity contribution in [2.75, 3.05) is 6.54 Å². The lowest BCUT2D eigenvalue weighted by molar-refractivity contribution is 0.893. The van der Waals surface area contributed by atoms with Crippen LogP contribution in [0.15, 0.2) is 110 Å². The van der Waals surface area contributed by atoms with Gasteiger partial charge in [-0.05, 0) is 59.5 Å². The summed E-state index contributed by atoms with van der Waals surface area (Å²) < 4.78 is 2.12. The summed E-state index contributed by atoms with van der Waals surface area (Å²) in [6.45, 7) is 7.30. The summed E-state index contributed by atoms with van der Waals surface area (Å²) in [5.74, 6) is 0. The average Bonchev–Trinajstić information content (AvgIpc) is 2.71. The van der Waals surface area contributed by atoms with Crippen LogP contribution in [0.25, 0.3) is 11.1 Å². The fourth-order valence-electron chi connectivity index (χ4n) is 3.46. The number of rotatable bonds is 2. The number of allylic oxidation sites excluding steroid dienone is 5. The molecule has 0 amide bonds. The van der Waals surface area contributed by atoms with Crippen LogP contribution in [-0.4, -0.2) is 6.54 Å². The van der Waals surface area contributed by atoms with Gasteiger partial charge in [0.05, 0.1) is 0 Å². The predicted octanol–water partition coefficient (Wildman–Crippen LogP) is 7.21. The van der Waals surface area contributed by atoms with Crippen molar-refractivity contribution >= 4 is 43.0 Å². The van der Waals surface area contributed by atoms with Crippen molar-refractivity contribution < 1.29 is 0 Å². The monoisotopic (exact) mass is 491 g/mol. The molecule has 0 saturated carbocycles. The molecule has 0 spiro atoms. The maximum Gasteiger partial charge on any atom is 0.0492 e. The number of nitrogens with one attached hydrogen (secondary N) is 1. The molecule has 1 aliphatic heterocycles.